The third kappa shape index (κ3) is 18.8. The third-order valence-electron chi connectivity index (χ3n) is 11.5. The Balaban J connectivity index is 0.000000249. The highest BCUT2D eigenvalue weighted by atomic mass is 14.7. The van der Waals surface area contributed by atoms with Crippen LogP contribution in [0.5, 0.6) is 0 Å². The highest BCUT2D eigenvalue weighted by molar-refractivity contribution is 6.12. The van der Waals surface area contributed by atoms with E-state index in [-0.39, 0.29) is 10.8 Å². The Morgan fingerprint density at radius 2 is 0.768 bits per heavy atom. The largest absolute Gasteiger partial charge is 0.297 e. The fourth-order valence-corrected chi connectivity index (χ4v) is 9.10. The molecule has 4 saturated carbocycles. The first-order valence-corrected chi connectivity index (χ1v) is 22.3. The monoisotopic (exact) mass is 766 g/mol. The normalized spacial score (nSPS) is 17.4. The Kier molecular flexibility index (Phi) is 24.0. The van der Waals surface area contributed by atoms with Crippen molar-refractivity contribution in [3.63, 3.8) is 0 Å². The summed E-state index contributed by atoms with van der Waals surface area (Å²) in [5.41, 5.74) is 9.48. The van der Waals surface area contributed by atoms with Crippen LogP contribution in [-0.4, -0.2) is 63.8 Å². The van der Waals surface area contributed by atoms with Gasteiger partial charge in [-0.2, -0.15) is 0 Å². The van der Waals surface area contributed by atoms with Gasteiger partial charge in [0.15, 0.2) is 0 Å². The van der Waals surface area contributed by atoms with Gasteiger partial charge >= 0.3 is 0 Å². The zero-order valence-electron chi connectivity index (χ0n) is 38.1. The lowest BCUT2D eigenvalue weighted by Gasteiger charge is -2.31. The quantitative estimate of drug-likeness (QED) is 0.278. The van der Waals surface area contributed by atoms with Gasteiger partial charge in [-0.25, -0.2) is 0 Å². The first-order valence-electron chi connectivity index (χ1n) is 22.3. The van der Waals surface area contributed by atoms with Gasteiger partial charge in [0.25, 0.3) is 0 Å². The minimum absolute atomic E-state index is 0.201. The summed E-state index contributed by atoms with van der Waals surface area (Å²) >= 11 is 0. The van der Waals surface area contributed by atoms with E-state index in [9.17, 15) is 0 Å². The van der Waals surface area contributed by atoms with E-state index in [1.54, 1.807) is 5.71 Å². The molecule has 312 valence electrons. The summed E-state index contributed by atoms with van der Waals surface area (Å²) in [5, 5.41) is 0. The smallest absolute Gasteiger partial charge is 0.0715 e. The molecule has 4 aliphatic carbocycles. The maximum atomic E-state index is 4.65. The van der Waals surface area contributed by atoms with Gasteiger partial charge in [-0.15, -0.1) is 0 Å². The van der Waals surface area contributed by atoms with Gasteiger partial charge in [-0.05, 0) is 88.9 Å². The van der Waals surface area contributed by atoms with Crippen molar-refractivity contribution in [3.05, 3.63) is 71.8 Å². The molecule has 0 bridgehead atoms. The second-order valence-corrected chi connectivity index (χ2v) is 18.0. The van der Waals surface area contributed by atoms with Gasteiger partial charge in [0.05, 0.1) is 5.71 Å². The molecule has 6 rings (SSSR count). The van der Waals surface area contributed by atoms with E-state index in [0.29, 0.717) is 0 Å². The number of benzene rings is 2. The lowest BCUT2D eigenvalue weighted by atomic mass is 9.75. The predicted molar refractivity (Wildman–Crippen MR) is 251 cm³/mol. The molecule has 0 atom stereocenters. The van der Waals surface area contributed by atoms with Crippen LogP contribution in [0.3, 0.4) is 0 Å². The molecule has 0 heterocycles. The number of nitrogens with zero attached hydrogens (tertiary/aromatic N) is 5. The summed E-state index contributed by atoms with van der Waals surface area (Å²) < 4.78 is 0. The molecule has 5 nitrogen and oxygen atoms in total. The van der Waals surface area contributed by atoms with E-state index in [2.05, 4.69) is 90.8 Å². The summed E-state index contributed by atoms with van der Waals surface area (Å²) in [6.07, 6.45) is 26.3. The molecular weight excluding hydrogens is 683 g/mol. The maximum absolute atomic E-state index is 4.65. The van der Waals surface area contributed by atoms with Gasteiger partial charge in [0.2, 0.25) is 0 Å². The molecule has 56 heavy (non-hydrogen) atoms. The molecule has 0 aromatic heterocycles. The van der Waals surface area contributed by atoms with Crippen molar-refractivity contribution >= 4 is 28.6 Å². The van der Waals surface area contributed by atoms with Gasteiger partial charge in [-0.3, -0.25) is 25.0 Å². The summed E-state index contributed by atoms with van der Waals surface area (Å²) in [6.45, 7) is 13.3. The molecule has 2 aromatic carbocycles. The summed E-state index contributed by atoms with van der Waals surface area (Å²) in [5.74, 6) is 1.71. The van der Waals surface area contributed by atoms with Crippen molar-refractivity contribution in [2.75, 3.05) is 35.2 Å². The third-order valence-corrected chi connectivity index (χ3v) is 11.5. The summed E-state index contributed by atoms with van der Waals surface area (Å²) in [7, 11) is 9.53. The number of hydrogen-bond acceptors (Lipinski definition) is 5. The van der Waals surface area contributed by atoms with E-state index in [1.807, 2.05) is 71.6 Å². The SMILES string of the molecule is CN=C(C(C)(C)C)C(C)(C)C.CN=C(C1CCCCC1)C1CCCCC1.CN=C(c1ccccc1)c1ccccc1.CN=C1CCCC1.CN=C1CCCCC1. The lowest BCUT2D eigenvalue weighted by Crippen LogP contribution is -2.32. The summed E-state index contributed by atoms with van der Waals surface area (Å²) in [6, 6.07) is 20.5. The Labute approximate surface area is 345 Å². The molecule has 5 heteroatoms. The molecule has 0 saturated heterocycles. The van der Waals surface area contributed by atoms with E-state index in [0.717, 1.165) is 28.7 Å². The minimum Gasteiger partial charge on any atom is -0.297 e. The van der Waals surface area contributed by atoms with Crippen molar-refractivity contribution in [1.82, 2.24) is 0 Å². The van der Waals surface area contributed by atoms with E-state index < -0.39 is 0 Å². The number of hydrogen-bond donors (Lipinski definition) is 0. The summed E-state index contributed by atoms with van der Waals surface area (Å²) in [4.78, 5) is 21.6. The van der Waals surface area contributed by atoms with Crippen LogP contribution in [0.4, 0.5) is 0 Å². The molecule has 0 spiro atoms. The van der Waals surface area contributed by atoms with Crippen LogP contribution in [0.15, 0.2) is 85.6 Å². The zero-order valence-corrected chi connectivity index (χ0v) is 38.1. The van der Waals surface area contributed by atoms with Crippen molar-refractivity contribution in [2.24, 2.45) is 47.6 Å². The Morgan fingerprint density at radius 3 is 1.02 bits per heavy atom. The van der Waals surface area contributed by atoms with Gasteiger partial charge < -0.3 is 0 Å². The van der Waals surface area contributed by atoms with Crippen molar-refractivity contribution < 1.29 is 0 Å². The van der Waals surface area contributed by atoms with Crippen LogP contribution >= 0.6 is 0 Å². The zero-order chi connectivity index (χ0) is 41.2. The van der Waals surface area contributed by atoms with Crippen LogP contribution in [0.1, 0.15) is 175 Å². The Hall–Kier alpha value is -3.21. The van der Waals surface area contributed by atoms with Gasteiger partial charge in [-0.1, -0.05) is 147 Å². The molecule has 0 unspecified atom stereocenters. The van der Waals surface area contributed by atoms with Crippen LogP contribution < -0.4 is 0 Å². The number of aliphatic imine (C=N–C) groups is 5. The molecule has 2 aromatic rings. The van der Waals surface area contributed by atoms with E-state index >= 15 is 0 Å². The van der Waals surface area contributed by atoms with E-state index in [1.165, 1.54) is 139 Å². The van der Waals surface area contributed by atoms with Crippen LogP contribution in [0.2, 0.25) is 0 Å². The second-order valence-electron chi connectivity index (χ2n) is 18.0. The molecule has 0 aliphatic heterocycles. The minimum atomic E-state index is 0.201. The van der Waals surface area contributed by atoms with Gasteiger partial charge in [0.1, 0.15) is 0 Å². The highest BCUT2D eigenvalue weighted by Gasteiger charge is 2.29. The van der Waals surface area contributed by atoms with Crippen molar-refractivity contribution in [1.29, 1.82) is 0 Å². The average molecular weight is 766 g/mol. The fraction of sp³-hybridized carbons (Fsp3) is 0.667. The van der Waals surface area contributed by atoms with Crippen LogP contribution in [0, 0.1) is 22.7 Å². The first-order chi connectivity index (χ1) is 26.9. The molecule has 0 amide bonds. The molecule has 4 fully saturated rings. The lowest BCUT2D eigenvalue weighted by molar-refractivity contribution is 0.387. The Bertz CT molecular complexity index is 1380. The van der Waals surface area contributed by atoms with Crippen molar-refractivity contribution in [3.8, 4) is 0 Å². The average Bonchev–Trinajstić information content (AvgIpc) is 3.75. The number of rotatable bonds is 4. The standard InChI is InChI=1S/C14H25N.C14H13N.C10H21N.C7H13N.C6H11N/c2*1-15-14(12-8-4-2-5-9-12)13-10-6-3-7-11-13;1-9(2,3)8(11-7)10(4,5)6;1-8-7-5-3-2-4-6-7;1-7-6-4-2-3-5-6/h12-13H,2-11H2,1H3;2-11H,1H3;1-7H3;2-6H2,1H3;2-5H2,1H3. The second kappa shape index (κ2) is 27.4. The Morgan fingerprint density at radius 1 is 0.429 bits per heavy atom. The van der Waals surface area contributed by atoms with E-state index in [4.69, 9.17) is 0 Å². The predicted octanol–water partition coefficient (Wildman–Crippen LogP) is 14.2. The highest BCUT2D eigenvalue weighted by Crippen LogP contribution is 2.33. The molecule has 0 radical (unpaired) electrons. The fourth-order valence-electron chi connectivity index (χ4n) is 9.10. The topological polar surface area (TPSA) is 61.8 Å². The molecule has 4 aliphatic rings. The van der Waals surface area contributed by atoms with Gasteiger partial charge in [0, 0.05) is 80.0 Å². The first kappa shape index (κ1) is 48.9. The molecule has 0 N–H and O–H groups in total. The van der Waals surface area contributed by atoms with Crippen molar-refractivity contribution in [2.45, 2.75) is 164 Å². The molecular formula is C51H83N5. The van der Waals surface area contributed by atoms with Crippen LogP contribution in [0.25, 0.3) is 0 Å². The maximum Gasteiger partial charge on any atom is 0.0715 e. The van der Waals surface area contributed by atoms with Crippen LogP contribution in [-0.2, 0) is 0 Å².